The number of halogens is 3. The number of nitrogens with zero attached hydrogens (tertiary/aromatic N) is 3. The molecule has 1 aromatic rings. The van der Waals surface area contributed by atoms with Crippen molar-refractivity contribution in [3.05, 3.63) is 24.0 Å². The van der Waals surface area contributed by atoms with Crippen molar-refractivity contribution in [3.8, 4) is 0 Å². The number of anilines is 1. The molecule has 0 N–H and O–H groups in total. The van der Waals surface area contributed by atoms with E-state index in [1.165, 1.54) is 12.3 Å². The Labute approximate surface area is 133 Å². The molecule has 2 fully saturated rings. The molecule has 3 rings (SSSR count). The molecule has 7 heteroatoms. The van der Waals surface area contributed by atoms with Crippen LogP contribution < -0.4 is 4.90 Å². The molecule has 1 saturated carbocycles. The van der Waals surface area contributed by atoms with Crippen LogP contribution in [0, 0.1) is 5.92 Å². The maximum Gasteiger partial charge on any atom is 0.433 e. The van der Waals surface area contributed by atoms with Crippen molar-refractivity contribution in [2.24, 2.45) is 5.92 Å². The molecular weight excluding hydrogens is 307 g/mol. The average molecular weight is 327 g/mol. The Balaban J connectivity index is 1.62. The van der Waals surface area contributed by atoms with Gasteiger partial charge in [0.25, 0.3) is 0 Å². The number of pyridine rings is 1. The Kier molecular flexibility index (Phi) is 4.46. The fourth-order valence-corrected chi connectivity index (χ4v) is 3.05. The number of hydrogen-bond donors (Lipinski definition) is 0. The van der Waals surface area contributed by atoms with E-state index in [0.717, 1.165) is 44.8 Å². The molecule has 2 heterocycles. The minimum absolute atomic E-state index is 0.189. The monoisotopic (exact) mass is 327 g/mol. The molecule has 0 aromatic carbocycles. The Morgan fingerprint density at radius 3 is 2.43 bits per heavy atom. The zero-order valence-electron chi connectivity index (χ0n) is 12.9. The van der Waals surface area contributed by atoms with Crippen LogP contribution in [0.15, 0.2) is 18.3 Å². The smallest absolute Gasteiger partial charge is 0.368 e. The largest absolute Gasteiger partial charge is 0.433 e. The van der Waals surface area contributed by atoms with Gasteiger partial charge in [-0.1, -0.05) is 6.42 Å². The van der Waals surface area contributed by atoms with Crippen molar-refractivity contribution in [2.75, 3.05) is 31.1 Å². The SMILES string of the molecule is O=C(C1CCC1)N1CCCN(c2ccc(C(F)(F)F)nc2)CC1. The predicted molar refractivity (Wildman–Crippen MR) is 80.0 cm³/mol. The van der Waals surface area contributed by atoms with Crippen molar-refractivity contribution in [2.45, 2.75) is 31.9 Å². The molecule has 0 spiro atoms. The van der Waals surface area contributed by atoms with E-state index in [-0.39, 0.29) is 11.8 Å². The van der Waals surface area contributed by atoms with Crippen molar-refractivity contribution >= 4 is 11.6 Å². The lowest BCUT2D eigenvalue weighted by Gasteiger charge is -2.31. The molecule has 4 nitrogen and oxygen atoms in total. The number of carbonyl (C=O) groups excluding carboxylic acids is 1. The van der Waals surface area contributed by atoms with E-state index in [1.54, 1.807) is 0 Å². The van der Waals surface area contributed by atoms with Crippen LogP contribution in [0.3, 0.4) is 0 Å². The van der Waals surface area contributed by atoms with Crippen LogP contribution in [0.25, 0.3) is 0 Å². The summed E-state index contributed by atoms with van der Waals surface area (Å²) < 4.78 is 37.7. The zero-order valence-corrected chi connectivity index (χ0v) is 12.9. The van der Waals surface area contributed by atoms with Gasteiger partial charge in [0.15, 0.2) is 0 Å². The van der Waals surface area contributed by atoms with E-state index >= 15 is 0 Å². The van der Waals surface area contributed by atoms with Crippen molar-refractivity contribution in [3.63, 3.8) is 0 Å². The normalized spacial score (nSPS) is 20.1. The molecule has 2 aliphatic rings. The third-order valence-corrected chi connectivity index (χ3v) is 4.67. The van der Waals surface area contributed by atoms with Crippen LogP contribution in [0.2, 0.25) is 0 Å². The molecule has 0 unspecified atom stereocenters. The van der Waals surface area contributed by atoms with Gasteiger partial charge in [0.2, 0.25) is 5.91 Å². The summed E-state index contributed by atoms with van der Waals surface area (Å²) in [5.74, 6) is 0.429. The van der Waals surface area contributed by atoms with Crippen molar-refractivity contribution in [1.82, 2.24) is 9.88 Å². The summed E-state index contributed by atoms with van der Waals surface area (Å²) in [4.78, 5) is 19.7. The van der Waals surface area contributed by atoms with Crippen molar-refractivity contribution < 1.29 is 18.0 Å². The van der Waals surface area contributed by atoms with Crippen LogP contribution in [-0.4, -0.2) is 42.0 Å². The second-order valence-electron chi connectivity index (χ2n) is 6.19. The quantitative estimate of drug-likeness (QED) is 0.838. The van der Waals surface area contributed by atoms with Crippen LogP contribution in [-0.2, 0) is 11.0 Å². The van der Waals surface area contributed by atoms with Gasteiger partial charge in [-0.3, -0.25) is 4.79 Å². The van der Waals surface area contributed by atoms with Gasteiger partial charge in [-0.2, -0.15) is 13.2 Å². The van der Waals surface area contributed by atoms with Crippen LogP contribution >= 0.6 is 0 Å². The Hall–Kier alpha value is -1.79. The number of hydrogen-bond acceptors (Lipinski definition) is 3. The highest BCUT2D eigenvalue weighted by Gasteiger charge is 2.33. The predicted octanol–water partition coefficient (Wildman–Crippen LogP) is 2.94. The van der Waals surface area contributed by atoms with Gasteiger partial charge < -0.3 is 9.80 Å². The Morgan fingerprint density at radius 1 is 1.09 bits per heavy atom. The van der Waals surface area contributed by atoms with Gasteiger partial charge in [0.1, 0.15) is 5.69 Å². The van der Waals surface area contributed by atoms with Gasteiger partial charge in [-0.25, -0.2) is 4.98 Å². The molecule has 1 aliphatic carbocycles. The first-order valence-corrected chi connectivity index (χ1v) is 8.02. The van der Waals surface area contributed by atoms with Crippen LogP contribution in [0.5, 0.6) is 0 Å². The van der Waals surface area contributed by atoms with Crippen LogP contribution in [0.4, 0.5) is 18.9 Å². The number of aromatic nitrogens is 1. The maximum atomic E-state index is 12.6. The summed E-state index contributed by atoms with van der Waals surface area (Å²) in [5, 5.41) is 0. The number of rotatable bonds is 2. The minimum atomic E-state index is -4.41. The van der Waals surface area contributed by atoms with E-state index in [4.69, 9.17) is 0 Å². The van der Waals surface area contributed by atoms with E-state index in [1.807, 2.05) is 9.80 Å². The molecule has 0 atom stereocenters. The molecule has 1 aliphatic heterocycles. The standard InChI is InChI=1S/C16H20F3N3O/c17-16(18,19)14-6-5-13(11-20-14)21-7-2-8-22(10-9-21)15(23)12-3-1-4-12/h5-6,11-12H,1-4,7-10H2. The van der Waals surface area contributed by atoms with Crippen molar-refractivity contribution in [1.29, 1.82) is 0 Å². The Morgan fingerprint density at radius 2 is 1.87 bits per heavy atom. The van der Waals surface area contributed by atoms with Gasteiger partial charge in [0, 0.05) is 32.1 Å². The molecule has 23 heavy (non-hydrogen) atoms. The second kappa shape index (κ2) is 6.37. The maximum absolute atomic E-state index is 12.6. The highest BCUT2D eigenvalue weighted by molar-refractivity contribution is 5.79. The third kappa shape index (κ3) is 3.59. The summed E-state index contributed by atoms with van der Waals surface area (Å²) in [6.45, 7) is 2.70. The number of carbonyl (C=O) groups is 1. The lowest BCUT2D eigenvalue weighted by atomic mass is 9.84. The van der Waals surface area contributed by atoms with Gasteiger partial charge in [-0.15, -0.1) is 0 Å². The van der Waals surface area contributed by atoms with Gasteiger partial charge >= 0.3 is 6.18 Å². The summed E-state index contributed by atoms with van der Waals surface area (Å²) in [6, 6.07) is 2.47. The summed E-state index contributed by atoms with van der Waals surface area (Å²) in [6.07, 6.45) is 0.784. The van der Waals surface area contributed by atoms with E-state index in [9.17, 15) is 18.0 Å². The van der Waals surface area contributed by atoms with Gasteiger partial charge in [0.05, 0.1) is 11.9 Å². The molecule has 0 bridgehead atoms. The highest BCUT2D eigenvalue weighted by atomic mass is 19.4. The summed E-state index contributed by atoms with van der Waals surface area (Å²) in [5.41, 5.74) is -0.200. The fraction of sp³-hybridized carbons (Fsp3) is 0.625. The average Bonchev–Trinajstić information content (AvgIpc) is 2.70. The molecule has 1 amide bonds. The molecular formula is C16H20F3N3O. The topological polar surface area (TPSA) is 36.4 Å². The molecule has 1 aromatic heterocycles. The van der Waals surface area contributed by atoms with Gasteiger partial charge in [-0.05, 0) is 31.4 Å². The zero-order chi connectivity index (χ0) is 16.4. The first-order chi connectivity index (χ1) is 10.9. The van der Waals surface area contributed by atoms with E-state index in [2.05, 4.69) is 4.98 Å². The summed E-state index contributed by atoms with van der Waals surface area (Å²) in [7, 11) is 0. The lowest BCUT2D eigenvalue weighted by Crippen LogP contribution is -2.41. The van der Waals surface area contributed by atoms with E-state index < -0.39 is 11.9 Å². The number of amides is 1. The highest BCUT2D eigenvalue weighted by Crippen LogP contribution is 2.30. The third-order valence-electron chi connectivity index (χ3n) is 4.67. The second-order valence-corrected chi connectivity index (χ2v) is 6.19. The first-order valence-electron chi connectivity index (χ1n) is 8.02. The lowest BCUT2D eigenvalue weighted by molar-refractivity contribution is -0.141. The number of alkyl halides is 3. The summed E-state index contributed by atoms with van der Waals surface area (Å²) >= 11 is 0. The minimum Gasteiger partial charge on any atom is -0.368 e. The molecule has 126 valence electrons. The van der Waals surface area contributed by atoms with Crippen LogP contribution in [0.1, 0.15) is 31.4 Å². The fourth-order valence-electron chi connectivity index (χ4n) is 3.05. The Bertz CT molecular complexity index is 555. The van der Waals surface area contributed by atoms with E-state index in [0.29, 0.717) is 18.8 Å². The molecule has 0 radical (unpaired) electrons. The molecule has 1 saturated heterocycles. The first kappa shape index (κ1) is 16.1.